The molecule has 1 fully saturated rings. The van der Waals surface area contributed by atoms with Gasteiger partial charge in [-0.2, -0.15) is 4.31 Å². The molecule has 6 heteroatoms. The van der Waals surface area contributed by atoms with Crippen molar-refractivity contribution in [3.63, 3.8) is 0 Å². The normalized spacial score (nSPS) is 27.1. The van der Waals surface area contributed by atoms with E-state index >= 15 is 0 Å². The van der Waals surface area contributed by atoms with E-state index in [1.165, 1.54) is 15.6 Å². The number of thiophene rings is 1. The minimum absolute atomic E-state index is 0.395. The predicted molar refractivity (Wildman–Crippen MR) is 72.3 cm³/mol. The molecule has 1 aliphatic heterocycles. The molecule has 1 unspecified atom stereocenters. The lowest BCUT2D eigenvalue weighted by Gasteiger charge is -2.21. The van der Waals surface area contributed by atoms with Gasteiger partial charge in [0.1, 0.15) is 4.21 Å². The van der Waals surface area contributed by atoms with E-state index in [1.54, 1.807) is 13.0 Å². The third kappa shape index (κ3) is 2.93. The quantitative estimate of drug-likeness (QED) is 0.905. The Morgan fingerprint density at radius 2 is 2.06 bits per heavy atom. The van der Waals surface area contributed by atoms with E-state index in [0.717, 1.165) is 4.88 Å². The highest BCUT2D eigenvalue weighted by Crippen LogP contribution is 2.28. The fourth-order valence-corrected chi connectivity index (χ4v) is 5.07. The summed E-state index contributed by atoms with van der Waals surface area (Å²) < 4.78 is 26.7. The fourth-order valence-electron chi connectivity index (χ4n) is 2.16. The lowest BCUT2D eigenvalue weighted by atomic mass is 9.98. The van der Waals surface area contributed by atoms with Gasteiger partial charge in [0.25, 0.3) is 10.0 Å². The number of rotatable bonds is 2. The SMILES string of the molecule is Cc1ccc(S(=O)(=O)N2CCCC(C)(O)CC2)s1. The Bertz CT molecular complexity index is 519. The number of hydrogen-bond acceptors (Lipinski definition) is 4. The summed E-state index contributed by atoms with van der Waals surface area (Å²) >= 11 is 1.30. The Balaban J connectivity index is 2.21. The van der Waals surface area contributed by atoms with Gasteiger partial charge in [-0.05, 0) is 45.2 Å². The van der Waals surface area contributed by atoms with Gasteiger partial charge >= 0.3 is 0 Å². The van der Waals surface area contributed by atoms with Crippen molar-refractivity contribution in [3.8, 4) is 0 Å². The molecule has 0 bridgehead atoms. The molecule has 1 aromatic rings. The second kappa shape index (κ2) is 4.92. The third-order valence-electron chi connectivity index (χ3n) is 3.33. The highest BCUT2D eigenvalue weighted by atomic mass is 32.2. The molecule has 0 aliphatic carbocycles. The van der Waals surface area contributed by atoms with Gasteiger partial charge in [-0.25, -0.2) is 8.42 Å². The maximum absolute atomic E-state index is 12.4. The van der Waals surface area contributed by atoms with Crippen molar-refractivity contribution in [2.24, 2.45) is 0 Å². The molecule has 0 amide bonds. The molecule has 2 heterocycles. The molecule has 1 N–H and O–H groups in total. The second-order valence-electron chi connectivity index (χ2n) is 5.12. The Morgan fingerprint density at radius 3 is 2.67 bits per heavy atom. The molecule has 1 aliphatic rings. The Kier molecular flexibility index (Phi) is 3.82. The molecule has 1 aromatic heterocycles. The van der Waals surface area contributed by atoms with Crippen LogP contribution < -0.4 is 0 Å². The van der Waals surface area contributed by atoms with Crippen molar-refractivity contribution in [1.82, 2.24) is 4.31 Å². The standard InChI is InChI=1S/C12H19NO3S2/c1-10-4-5-11(17-10)18(15,16)13-8-3-6-12(2,14)7-9-13/h4-5,14H,3,6-9H2,1-2H3. The van der Waals surface area contributed by atoms with Gasteiger partial charge < -0.3 is 5.11 Å². The number of hydrogen-bond donors (Lipinski definition) is 1. The molecule has 0 spiro atoms. The van der Waals surface area contributed by atoms with Gasteiger partial charge in [0, 0.05) is 18.0 Å². The monoisotopic (exact) mass is 289 g/mol. The van der Waals surface area contributed by atoms with E-state index in [4.69, 9.17) is 0 Å². The first-order valence-electron chi connectivity index (χ1n) is 6.10. The third-order valence-corrected chi connectivity index (χ3v) is 6.70. The summed E-state index contributed by atoms with van der Waals surface area (Å²) in [4.78, 5) is 0.996. The first-order valence-corrected chi connectivity index (χ1v) is 8.36. The molecule has 1 atom stereocenters. The molecule has 102 valence electrons. The van der Waals surface area contributed by atoms with Crippen LogP contribution in [0.25, 0.3) is 0 Å². The smallest absolute Gasteiger partial charge is 0.252 e. The summed E-state index contributed by atoms with van der Waals surface area (Å²) in [6.45, 7) is 4.57. The highest BCUT2D eigenvalue weighted by Gasteiger charge is 2.32. The second-order valence-corrected chi connectivity index (χ2v) is 8.57. The first kappa shape index (κ1) is 14.0. The van der Waals surface area contributed by atoms with Crippen LogP contribution >= 0.6 is 11.3 Å². The first-order chi connectivity index (χ1) is 8.31. The zero-order chi connectivity index (χ0) is 13.4. The van der Waals surface area contributed by atoms with E-state index in [1.807, 2.05) is 13.0 Å². The van der Waals surface area contributed by atoms with Gasteiger partial charge in [-0.3, -0.25) is 0 Å². The summed E-state index contributed by atoms with van der Waals surface area (Å²) in [5.74, 6) is 0. The van der Waals surface area contributed by atoms with Crippen LogP contribution in [0.15, 0.2) is 16.3 Å². The van der Waals surface area contributed by atoms with Gasteiger partial charge in [-0.15, -0.1) is 11.3 Å². The van der Waals surface area contributed by atoms with Gasteiger partial charge in [-0.1, -0.05) is 0 Å². The molecular weight excluding hydrogens is 270 g/mol. The van der Waals surface area contributed by atoms with Crippen LogP contribution in [-0.2, 0) is 10.0 Å². The van der Waals surface area contributed by atoms with Crippen LogP contribution in [0.1, 0.15) is 31.1 Å². The molecule has 1 saturated heterocycles. The Morgan fingerprint density at radius 1 is 1.33 bits per heavy atom. The maximum atomic E-state index is 12.4. The number of sulfonamides is 1. The number of aliphatic hydroxyl groups is 1. The summed E-state index contributed by atoms with van der Waals surface area (Å²) in [6, 6.07) is 3.49. The molecule has 0 radical (unpaired) electrons. The molecule has 0 saturated carbocycles. The highest BCUT2D eigenvalue weighted by molar-refractivity contribution is 7.91. The summed E-state index contributed by atoms with van der Waals surface area (Å²) in [7, 11) is -3.37. The van der Waals surface area contributed by atoms with Crippen molar-refractivity contribution in [3.05, 3.63) is 17.0 Å². The largest absolute Gasteiger partial charge is 0.390 e. The summed E-state index contributed by atoms with van der Waals surface area (Å²) in [5.41, 5.74) is -0.740. The molecule has 18 heavy (non-hydrogen) atoms. The Labute approximate surface area is 112 Å². The maximum Gasteiger partial charge on any atom is 0.252 e. The lowest BCUT2D eigenvalue weighted by molar-refractivity contribution is 0.0465. The summed E-state index contributed by atoms with van der Waals surface area (Å²) in [5, 5.41) is 9.99. The molecule has 2 rings (SSSR count). The predicted octanol–water partition coefficient (Wildman–Crippen LogP) is 1.98. The number of aryl methyl sites for hydroxylation is 1. The minimum atomic E-state index is -3.37. The van der Waals surface area contributed by atoms with Crippen LogP contribution in [-0.4, -0.2) is 36.5 Å². The van der Waals surface area contributed by atoms with Crippen LogP contribution in [0.2, 0.25) is 0 Å². The van der Waals surface area contributed by atoms with Gasteiger partial charge in [0.2, 0.25) is 0 Å². The van der Waals surface area contributed by atoms with E-state index in [0.29, 0.717) is 36.6 Å². The van der Waals surface area contributed by atoms with Crippen molar-refractivity contribution in [1.29, 1.82) is 0 Å². The van der Waals surface area contributed by atoms with Crippen LogP contribution in [0, 0.1) is 6.92 Å². The summed E-state index contributed by atoms with van der Waals surface area (Å²) in [6.07, 6.45) is 1.86. The average molecular weight is 289 g/mol. The average Bonchev–Trinajstić information content (AvgIpc) is 2.61. The zero-order valence-electron chi connectivity index (χ0n) is 10.7. The topological polar surface area (TPSA) is 57.6 Å². The van der Waals surface area contributed by atoms with Crippen LogP contribution in [0.5, 0.6) is 0 Å². The molecule has 4 nitrogen and oxygen atoms in total. The fraction of sp³-hybridized carbons (Fsp3) is 0.667. The van der Waals surface area contributed by atoms with Crippen LogP contribution in [0.4, 0.5) is 0 Å². The van der Waals surface area contributed by atoms with Gasteiger partial charge in [0.05, 0.1) is 5.60 Å². The lowest BCUT2D eigenvalue weighted by Crippen LogP contribution is -2.33. The van der Waals surface area contributed by atoms with Crippen molar-refractivity contribution >= 4 is 21.4 Å². The van der Waals surface area contributed by atoms with Crippen molar-refractivity contribution in [2.75, 3.05) is 13.1 Å². The Hall–Kier alpha value is -0.430. The van der Waals surface area contributed by atoms with E-state index in [9.17, 15) is 13.5 Å². The molecule has 0 aromatic carbocycles. The van der Waals surface area contributed by atoms with Crippen LogP contribution in [0.3, 0.4) is 0 Å². The van der Waals surface area contributed by atoms with Crippen molar-refractivity contribution in [2.45, 2.75) is 42.9 Å². The van der Waals surface area contributed by atoms with E-state index in [2.05, 4.69) is 0 Å². The van der Waals surface area contributed by atoms with Gasteiger partial charge in [0.15, 0.2) is 0 Å². The van der Waals surface area contributed by atoms with E-state index in [-0.39, 0.29) is 0 Å². The zero-order valence-corrected chi connectivity index (χ0v) is 12.4. The van der Waals surface area contributed by atoms with E-state index < -0.39 is 15.6 Å². The van der Waals surface area contributed by atoms with Crippen molar-refractivity contribution < 1.29 is 13.5 Å². The minimum Gasteiger partial charge on any atom is -0.390 e. The number of nitrogens with zero attached hydrogens (tertiary/aromatic N) is 1. The molecular formula is C12H19NO3S2.